The molecule has 0 aromatic heterocycles. The van der Waals surface area contributed by atoms with Gasteiger partial charge in [0.25, 0.3) is 0 Å². The lowest BCUT2D eigenvalue weighted by Gasteiger charge is -2.26. The number of carbonyl (C=O) groups is 2. The molecule has 2 rings (SSSR count). The van der Waals surface area contributed by atoms with Crippen molar-refractivity contribution in [2.24, 2.45) is 0 Å². The predicted molar refractivity (Wildman–Crippen MR) is 78.1 cm³/mol. The van der Waals surface area contributed by atoms with Crippen molar-refractivity contribution in [2.45, 2.75) is 51.2 Å². The molecule has 1 amide bonds. The molecule has 0 heterocycles. The number of nitrogens with one attached hydrogen (secondary N) is 1. The third-order valence-electron chi connectivity index (χ3n) is 3.82. The molecular weight excluding hydrogens is 289 g/mol. The average Bonchev–Trinajstić information content (AvgIpc) is 2.40. The zero-order valence-corrected chi connectivity index (χ0v) is 12.6. The van der Waals surface area contributed by atoms with E-state index in [-0.39, 0.29) is 17.5 Å². The van der Waals surface area contributed by atoms with E-state index in [1.165, 1.54) is 18.2 Å². The van der Waals surface area contributed by atoms with E-state index < -0.39 is 24.0 Å². The van der Waals surface area contributed by atoms with Crippen molar-refractivity contribution in [3.63, 3.8) is 0 Å². The zero-order valence-electron chi connectivity index (χ0n) is 12.6. The fourth-order valence-electron chi connectivity index (χ4n) is 2.29. The highest BCUT2D eigenvalue weighted by Crippen LogP contribution is 2.26. The van der Waals surface area contributed by atoms with Gasteiger partial charge in [-0.3, -0.25) is 0 Å². The van der Waals surface area contributed by atoms with Crippen LogP contribution in [0, 0.1) is 5.82 Å². The molecule has 5 nitrogen and oxygen atoms in total. The quantitative estimate of drug-likeness (QED) is 0.874. The minimum atomic E-state index is -1.45. The largest absolute Gasteiger partial charge is 0.478 e. The molecule has 0 saturated heterocycles. The van der Waals surface area contributed by atoms with Gasteiger partial charge in [0.2, 0.25) is 6.10 Å². The summed E-state index contributed by atoms with van der Waals surface area (Å²) in [5.41, 5.74) is 0.646. The highest BCUT2D eigenvalue weighted by molar-refractivity contribution is 5.79. The van der Waals surface area contributed by atoms with Gasteiger partial charge in [-0.2, -0.15) is 0 Å². The number of rotatable bonds is 5. The summed E-state index contributed by atoms with van der Waals surface area (Å²) in [7, 11) is 0. The number of carboxylic acid groups (broad SMARTS) is 1. The van der Waals surface area contributed by atoms with E-state index in [1.807, 2.05) is 13.8 Å². The molecule has 120 valence electrons. The number of ether oxygens (including phenoxy) is 1. The molecular formula is C16H20FNO4. The Morgan fingerprint density at radius 2 is 2.05 bits per heavy atom. The predicted octanol–water partition coefficient (Wildman–Crippen LogP) is 3.35. The molecule has 6 heteroatoms. The Labute approximate surface area is 128 Å². The Bertz CT molecular complexity index is 569. The molecule has 0 aliphatic heterocycles. The first-order chi connectivity index (χ1) is 10.4. The molecule has 0 spiro atoms. The number of amides is 1. The summed E-state index contributed by atoms with van der Waals surface area (Å²) in [6, 6.07) is 4.03. The van der Waals surface area contributed by atoms with Crippen molar-refractivity contribution in [1.29, 1.82) is 0 Å². The Morgan fingerprint density at radius 1 is 1.36 bits per heavy atom. The van der Waals surface area contributed by atoms with E-state index in [1.54, 1.807) is 0 Å². The topological polar surface area (TPSA) is 75.6 Å². The minimum absolute atomic E-state index is 0.0568. The molecule has 1 aromatic rings. The number of aliphatic carboxylic acids is 1. The van der Waals surface area contributed by atoms with Crippen molar-refractivity contribution in [3.8, 4) is 0 Å². The molecule has 0 unspecified atom stereocenters. The van der Waals surface area contributed by atoms with Crippen LogP contribution >= 0.6 is 0 Å². The van der Waals surface area contributed by atoms with Crippen molar-refractivity contribution in [2.75, 3.05) is 0 Å². The fourth-order valence-corrected chi connectivity index (χ4v) is 2.29. The van der Waals surface area contributed by atoms with Gasteiger partial charge in [0.1, 0.15) is 5.82 Å². The van der Waals surface area contributed by atoms with Crippen LogP contribution in [0.25, 0.3) is 0 Å². The second-order valence-corrected chi connectivity index (χ2v) is 5.83. The first kappa shape index (κ1) is 16.3. The maximum atomic E-state index is 13.7. The summed E-state index contributed by atoms with van der Waals surface area (Å²) < 4.78 is 18.7. The Kier molecular flexibility index (Phi) is 5.00. The SMILES string of the molecule is CC(C)c1cc([C@H](OC(=O)NC2CCC2)C(=O)O)ccc1F. The van der Waals surface area contributed by atoms with E-state index in [9.17, 15) is 19.1 Å². The molecule has 1 saturated carbocycles. The lowest BCUT2D eigenvalue weighted by Crippen LogP contribution is -2.40. The fraction of sp³-hybridized carbons (Fsp3) is 0.500. The summed E-state index contributed by atoms with van der Waals surface area (Å²) in [4.78, 5) is 23.1. The van der Waals surface area contributed by atoms with Crippen LogP contribution in [0.2, 0.25) is 0 Å². The van der Waals surface area contributed by atoms with Crippen LogP contribution in [0.4, 0.5) is 9.18 Å². The number of hydrogen-bond donors (Lipinski definition) is 2. The summed E-state index contributed by atoms with van der Waals surface area (Å²) in [5, 5.41) is 11.9. The molecule has 0 radical (unpaired) electrons. The van der Waals surface area contributed by atoms with Gasteiger partial charge in [0.05, 0.1) is 0 Å². The van der Waals surface area contributed by atoms with Crippen molar-refractivity contribution in [1.82, 2.24) is 5.32 Å². The number of hydrogen-bond acceptors (Lipinski definition) is 3. The lowest BCUT2D eigenvalue weighted by molar-refractivity contribution is -0.147. The highest BCUT2D eigenvalue weighted by atomic mass is 19.1. The van der Waals surface area contributed by atoms with Gasteiger partial charge < -0.3 is 15.2 Å². The number of halogens is 1. The highest BCUT2D eigenvalue weighted by Gasteiger charge is 2.28. The van der Waals surface area contributed by atoms with Gasteiger partial charge in [-0.15, -0.1) is 0 Å². The molecule has 1 fully saturated rings. The normalized spacial score (nSPS) is 16.0. The van der Waals surface area contributed by atoms with Crippen LogP contribution in [-0.2, 0) is 9.53 Å². The minimum Gasteiger partial charge on any atom is -0.478 e. The molecule has 22 heavy (non-hydrogen) atoms. The van der Waals surface area contributed by atoms with Crippen molar-refractivity contribution < 1.29 is 23.8 Å². The van der Waals surface area contributed by atoms with Crippen LogP contribution in [0.3, 0.4) is 0 Å². The van der Waals surface area contributed by atoms with Gasteiger partial charge >= 0.3 is 12.1 Å². The van der Waals surface area contributed by atoms with Crippen LogP contribution in [0.1, 0.15) is 56.3 Å². The third-order valence-corrected chi connectivity index (χ3v) is 3.82. The van der Waals surface area contributed by atoms with Gasteiger partial charge in [-0.05, 0) is 42.9 Å². The lowest BCUT2D eigenvalue weighted by atomic mass is 9.93. The molecule has 2 N–H and O–H groups in total. The van der Waals surface area contributed by atoms with E-state index >= 15 is 0 Å². The number of carbonyl (C=O) groups excluding carboxylic acids is 1. The van der Waals surface area contributed by atoms with Crippen LogP contribution in [0.15, 0.2) is 18.2 Å². The molecule has 1 aromatic carbocycles. The molecule has 1 aliphatic rings. The second kappa shape index (κ2) is 6.77. The van der Waals surface area contributed by atoms with Crippen molar-refractivity contribution >= 4 is 12.1 Å². The first-order valence-corrected chi connectivity index (χ1v) is 7.37. The van der Waals surface area contributed by atoms with Crippen LogP contribution in [0.5, 0.6) is 0 Å². The van der Waals surface area contributed by atoms with Gasteiger partial charge in [0.15, 0.2) is 0 Å². The maximum absolute atomic E-state index is 13.7. The van der Waals surface area contributed by atoms with E-state index in [0.29, 0.717) is 5.56 Å². The summed E-state index contributed by atoms with van der Waals surface area (Å²) in [5.74, 6) is -1.79. The maximum Gasteiger partial charge on any atom is 0.408 e. The third kappa shape index (κ3) is 3.75. The van der Waals surface area contributed by atoms with Crippen molar-refractivity contribution in [3.05, 3.63) is 35.1 Å². The first-order valence-electron chi connectivity index (χ1n) is 7.37. The Morgan fingerprint density at radius 3 is 2.55 bits per heavy atom. The van der Waals surface area contributed by atoms with Crippen LogP contribution < -0.4 is 5.32 Å². The second-order valence-electron chi connectivity index (χ2n) is 5.83. The monoisotopic (exact) mass is 309 g/mol. The average molecular weight is 309 g/mol. The van der Waals surface area contributed by atoms with E-state index in [2.05, 4.69) is 5.32 Å². The summed E-state index contributed by atoms with van der Waals surface area (Å²) in [6.07, 6.45) is 0.593. The number of benzene rings is 1. The molecule has 1 atom stereocenters. The molecule has 1 aliphatic carbocycles. The Hall–Kier alpha value is -2.11. The number of alkyl carbamates (subject to hydrolysis) is 1. The van der Waals surface area contributed by atoms with Gasteiger partial charge in [-0.25, -0.2) is 14.0 Å². The summed E-state index contributed by atoms with van der Waals surface area (Å²) in [6.45, 7) is 3.62. The Balaban J connectivity index is 2.14. The van der Waals surface area contributed by atoms with E-state index in [0.717, 1.165) is 19.3 Å². The molecule has 0 bridgehead atoms. The van der Waals surface area contributed by atoms with E-state index in [4.69, 9.17) is 4.74 Å². The standard InChI is InChI=1S/C16H20FNO4/c1-9(2)12-8-10(6-7-13(12)17)14(15(19)20)22-16(21)18-11-4-3-5-11/h6-9,11,14H,3-5H2,1-2H3,(H,18,21)(H,19,20)/t14-/m0/s1. The zero-order chi connectivity index (χ0) is 16.3. The number of carboxylic acids is 1. The van der Waals surface area contributed by atoms with Crippen LogP contribution in [-0.4, -0.2) is 23.2 Å². The summed E-state index contributed by atoms with van der Waals surface area (Å²) >= 11 is 0. The smallest absolute Gasteiger partial charge is 0.408 e. The van der Waals surface area contributed by atoms with Gasteiger partial charge in [0, 0.05) is 11.6 Å². The van der Waals surface area contributed by atoms with Gasteiger partial charge in [-0.1, -0.05) is 19.9 Å².